The van der Waals surface area contributed by atoms with E-state index in [2.05, 4.69) is 9.88 Å². The van der Waals surface area contributed by atoms with Crippen LogP contribution in [0.15, 0.2) is 48.8 Å². The van der Waals surface area contributed by atoms with Gasteiger partial charge in [0.25, 0.3) is 5.91 Å². The van der Waals surface area contributed by atoms with Gasteiger partial charge in [0.05, 0.1) is 22.9 Å². The average molecular weight is 407 g/mol. The van der Waals surface area contributed by atoms with Gasteiger partial charge in [0.1, 0.15) is 5.82 Å². The van der Waals surface area contributed by atoms with E-state index < -0.39 is 5.82 Å². The van der Waals surface area contributed by atoms with Crippen molar-refractivity contribution in [3.63, 3.8) is 0 Å². The number of aromatic nitrogens is 2. The van der Waals surface area contributed by atoms with E-state index in [1.807, 2.05) is 41.9 Å². The van der Waals surface area contributed by atoms with Crippen LogP contribution in [-0.2, 0) is 6.54 Å². The lowest BCUT2D eigenvalue weighted by molar-refractivity contribution is 0.0715. The number of carbonyl (C=O) groups excluding carboxylic acids is 1. The molecule has 0 unspecified atom stereocenters. The molecule has 0 spiro atoms. The number of amides is 1. The summed E-state index contributed by atoms with van der Waals surface area (Å²) in [7, 11) is 1.81. The topological polar surface area (TPSA) is 41.4 Å². The second-order valence-electron chi connectivity index (χ2n) is 8.61. The van der Waals surface area contributed by atoms with Crippen molar-refractivity contribution in [1.82, 2.24) is 19.4 Å². The molecule has 1 aromatic heterocycles. The Kier molecular flexibility index (Phi) is 5.03. The second kappa shape index (κ2) is 7.84. The number of halogens is 1. The molecule has 1 aliphatic heterocycles. The monoisotopic (exact) mass is 406 g/mol. The smallest absolute Gasteiger partial charge is 0.256 e. The zero-order valence-corrected chi connectivity index (χ0v) is 17.3. The van der Waals surface area contributed by atoms with Gasteiger partial charge in [-0.05, 0) is 49.1 Å². The fourth-order valence-corrected chi connectivity index (χ4v) is 4.69. The van der Waals surface area contributed by atoms with Crippen LogP contribution < -0.4 is 0 Å². The van der Waals surface area contributed by atoms with Crippen molar-refractivity contribution in [2.75, 3.05) is 20.1 Å². The van der Waals surface area contributed by atoms with Gasteiger partial charge in [-0.15, -0.1) is 0 Å². The fraction of sp³-hybridized carbons (Fsp3) is 0.417. The number of carbonyl (C=O) groups is 1. The summed E-state index contributed by atoms with van der Waals surface area (Å²) >= 11 is 0. The molecule has 6 heteroatoms. The molecule has 1 saturated carbocycles. The van der Waals surface area contributed by atoms with Gasteiger partial charge >= 0.3 is 0 Å². The summed E-state index contributed by atoms with van der Waals surface area (Å²) in [6.07, 6.45) is 6.59. The Hall–Kier alpha value is -2.73. The number of likely N-dealkylation sites (N-methyl/N-ethyl adjacent to an activating group) is 1. The number of benzene rings is 2. The molecule has 0 bridgehead atoms. The third-order valence-corrected chi connectivity index (χ3v) is 6.80. The van der Waals surface area contributed by atoms with Gasteiger partial charge < -0.3 is 9.47 Å². The zero-order valence-electron chi connectivity index (χ0n) is 17.3. The Balaban J connectivity index is 1.28. The van der Waals surface area contributed by atoms with Crippen LogP contribution in [0.1, 0.15) is 41.6 Å². The van der Waals surface area contributed by atoms with Gasteiger partial charge in [-0.1, -0.05) is 24.6 Å². The molecule has 2 heterocycles. The van der Waals surface area contributed by atoms with Crippen LogP contribution in [-0.4, -0.2) is 57.5 Å². The molecule has 2 aromatic carbocycles. The minimum absolute atomic E-state index is 0.152. The van der Waals surface area contributed by atoms with Crippen molar-refractivity contribution in [1.29, 1.82) is 0 Å². The van der Waals surface area contributed by atoms with Crippen molar-refractivity contribution >= 4 is 16.9 Å². The first-order chi connectivity index (χ1) is 14.6. The molecule has 1 amide bonds. The summed E-state index contributed by atoms with van der Waals surface area (Å²) in [5.41, 5.74) is 2.89. The fourth-order valence-electron chi connectivity index (χ4n) is 4.69. The van der Waals surface area contributed by atoms with E-state index >= 15 is 0 Å². The second-order valence-corrected chi connectivity index (χ2v) is 8.61. The van der Waals surface area contributed by atoms with E-state index in [1.165, 1.54) is 25.3 Å². The summed E-state index contributed by atoms with van der Waals surface area (Å²) in [4.78, 5) is 21.6. The number of imidazole rings is 1. The molecule has 156 valence electrons. The van der Waals surface area contributed by atoms with Crippen LogP contribution in [0.2, 0.25) is 0 Å². The van der Waals surface area contributed by atoms with Crippen LogP contribution in [0, 0.1) is 5.82 Å². The molecule has 1 saturated heterocycles. The lowest BCUT2D eigenvalue weighted by Gasteiger charge is -2.35. The average Bonchev–Trinajstić information content (AvgIpc) is 3.34. The Labute approximate surface area is 176 Å². The predicted molar refractivity (Wildman–Crippen MR) is 115 cm³/mol. The molecule has 2 fully saturated rings. The molecule has 1 aliphatic carbocycles. The number of nitrogens with zero attached hydrogens (tertiary/aromatic N) is 4. The molecule has 5 nitrogen and oxygen atoms in total. The summed E-state index contributed by atoms with van der Waals surface area (Å²) in [5, 5.41) is 0. The third kappa shape index (κ3) is 3.49. The Bertz CT molecular complexity index is 1070. The highest BCUT2D eigenvalue weighted by Crippen LogP contribution is 2.29. The van der Waals surface area contributed by atoms with E-state index in [9.17, 15) is 9.18 Å². The first-order valence-electron chi connectivity index (χ1n) is 10.8. The van der Waals surface area contributed by atoms with Gasteiger partial charge in [0, 0.05) is 38.8 Å². The highest BCUT2D eigenvalue weighted by Gasteiger charge is 2.35. The molecule has 3 aromatic rings. The molecular formula is C24H27FN4O. The quantitative estimate of drug-likeness (QED) is 0.645. The van der Waals surface area contributed by atoms with Crippen LogP contribution in [0.25, 0.3) is 11.0 Å². The highest BCUT2D eigenvalue weighted by atomic mass is 19.1. The summed E-state index contributed by atoms with van der Waals surface area (Å²) in [6.45, 7) is 2.45. The molecule has 0 N–H and O–H groups in total. The van der Waals surface area contributed by atoms with E-state index in [4.69, 9.17) is 0 Å². The van der Waals surface area contributed by atoms with E-state index in [-0.39, 0.29) is 17.5 Å². The number of para-hydroxylation sites is 2. The maximum absolute atomic E-state index is 14.9. The molecular weight excluding hydrogens is 379 g/mol. The lowest BCUT2D eigenvalue weighted by Crippen LogP contribution is -2.43. The Morgan fingerprint density at radius 1 is 1.20 bits per heavy atom. The normalized spacial score (nSPS) is 19.9. The van der Waals surface area contributed by atoms with Crippen molar-refractivity contribution in [2.45, 2.75) is 44.3 Å². The number of hydrogen-bond donors (Lipinski definition) is 0. The first kappa shape index (κ1) is 19.2. The minimum atomic E-state index is -0.456. The van der Waals surface area contributed by atoms with Gasteiger partial charge in [-0.25, -0.2) is 9.37 Å². The maximum Gasteiger partial charge on any atom is 0.256 e. The lowest BCUT2D eigenvalue weighted by atomic mass is 9.92. The van der Waals surface area contributed by atoms with Crippen LogP contribution in [0.5, 0.6) is 0 Å². The molecule has 30 heavy (non-hydrogen) atoms. The molecule has 0 radical (unpaired) electrons. The van der Waals surface area contributed by atoms with Crippen molar-refractivity contribution in [3.8, 4) is 0 Å². The van der Waals surface area contributed by atoms with Gasteiger partial charge in [-0.3, -0.25) is 9.69 Å². The maximum atomic E-state index is 14.9. The third-order valence-electron chi connectivity index (χ3n) is 6.80. The number of rotatable bonds is 5. The molecule has 5 rings (SSSR count). The van der Waals surface area contributed by atoms with Gasteiger partial charge in [-0.2, -0.15) is 0 Å². The van der Waals surface area contributed by atoms with Crippen molar-refractivity contribution in [2.24, 2.45) is 0 Å². The van der Waals surface area contributed by atoms with Gasteiger partial charge in [0.2, 0.25) is 0 Å². The highest BCUT2D eigenvalue weighted by molar-refractivity contribution is 5.94. The minimum Gasteiger partial charge on any atom is -0.337 e. The number of likely N-dealkylation sites (tertiary alicyclic amines) is 1. The Morgan fingerprint density at radius 2 is 2.03 bits per heavy atom. The summed E-state index contributed by atoms with van der Waals surface area (Å²) in [6, 6.07) is 13.7. The van der Waals surface area contributed by atoms with E-state index in [0.29, 0.717) is 12.6 Å². The zero-order chi connectivity index (χ0) is 20.7. The molecule has 2 aliphatic rings. The largest absolute Gasteiger partial charge is 0.337 e. The SMILES string of the molecule is CN(C(=O)c1ccc(Cn2cnc3ccccc32)cc1F)[C@@H]1CCN(C2CCC2)C1. The van der Waals surface area contributed by atoms with E-state index in [1.54, 1.807) is 17.3 Å². The van der Waals surface area contributed by atoms with Crippen LogP contribution >= 0.6 is 0 Å². The van der Waals surface area contributed by atoms with E-state index in [0.717, 1.165) is 36.1 Å². The van der Waals surface area contributed by atoms with Gasteiger partial charge in [0.15, 0.2) is 0 Å². The first-order valence-corrected chi connectivity index (χ1v) is 10.8. The van der Waals surface area contributed by atoms with Crippen molar-refractivity contribution < 1.29 is 9.18 Å². The Morgan fingerprint density at radius 3 is 2.80 bits per heavy atom. The predicted octanol–water partition coefficient (Wildman–Crippen LogP) is 3.92. The summed E-state index contributed by atoms with van der Waals surface area (Å²) in [5.74, 6) is -0.685. The van der Waals surface area contributed by atoms with Crippen LogP contribution in [0.4, 0.5) is 4.39 Å². The van der Waals surface area contributed by atoms with Crippen molar-refractivity contribution in [3.05, 3.63) is 65.7 Å². The number of hydrogen-bond acceptors (Lipinski definition) is 3. The molecule has 1 atom stereocenters. The van der Waals surface area contributed by atoms with Crippen LogP contribution in [0.3, 0.4) is 0 Å². The summed E-state index contributed by atoms with van der Waals surface area (Å²) < 4.78 is 16.9. The number of fused-ring (bicyclic) bond motifs is 1. The standard InChI is InChI=1S/C24H27FN4O/c1-27(19-11-12-28(15-19)18-5-4-6-18)24(30)20-10-9-17(13-21(20)25)14-29-16-26-22-7-2-3-8-23(22)29/h2-3,7-10,13,16,18-19H,4-6,11-12,14-15H2,1H3/t19-/m1/s1.